The number of aryl methyl sites for hydroxylation is 4. The van der Waals surface area contributed by atoms with Gasteiger partial charge in [0.05, 0.1) is 5.75 Å². The summed E-state index contributed by atoms with van der Waals surface area (Å²) < 4.78 is 7.74. The van der Waals surface area contributed by atoms with Crippen LogP contribution in [0.3, 0.4) is 0 Å². The maximum atomic E-state index is 12.6. The molecule has 6 nitrogen and oxygen atoms in total. The summed E-state index contributed by atoms with van der Waals surface area (Å²) in [6.45, 7) is 8.65. The number of para-hydroxylation sites is 1. The summed E-state index contributed by atoms with van der Waals surface area (Å²) in [6.07, 6.45) is 1.76. The molecule has 1 amide bonds. The quantitative estimate of drug-likeness (QED) is 0.483. The highest BCUT2D eigenvalue weighted by Gasteiger charge is 2.14. The van der Waals surface area contributed by atoms with Crippen LogP contribution in [-0.4, -0.2) is 26.4 Å². The minimum absolute atomic E-state index is 0.0449. The first kappa shape index (κ1) is 22.9. The van der Waals surface area contributed by atoms with Gasteiger partial charge in [0.2, 0.25) is 5.91 Å². The third-order valence-electron chi connectivity index (χ3n) is 5.37. The molecule has 1 heterocycles. The predicted molar refractivity (Wildman–Crippen MR) is 126 cm³/mol. The van der Waals surface area contributed by atoms with Gasteiger partial charge in [-0.3, -0.25) is 4.79 Å². The van der Waals surface area contributed by atoms with Crippen LogP contribution in [0.15, 0.2) is 41.6 Å². The first-order valence-electron chi connectivity index (χ1n) is 10.5. The van der Waals surface area contributed by atoms with Crippen LogP contribution in [0.2, 0.25) is 0 Å². The lowest BCUT2D eigenvalue weighted by atomic mass is 10.0. The fraction of sp³-hybridized carbons (Fsp3) is 0.375. The largest absolute Gasteiger partial charge is 0.486 e. The molecule has 3 rings (SSSR count). The lowest BCUT2D eigenvalue weighted by Crippen LogP contribution is -2.17. The van der Waals surface area contributed by atoms with Crippen LogP contribution < -0.4 is 10.1 Å². The van der Waals surface area contributed by atoms with Gasteiger partial charge in [-0.05, 0) is 61.1 Å². The number of carbonyl (C=O) groups is 1. The molecule has 0 radical (unpaired) electrons. The molecule has 1 aromatic heterocycles. The average Bonchev–Trinajstić information content (AvgIpc) is 3.12. The van der Waals surface area contributed by atoms with Gasteiger partial charge in [-0.25, -0.2) is 0 Å². The first-order valence-corrected chi connectivity index (χ1v) is 11.5. The predicted octanol–water partition coefficient (Wildman–Crippen LogP) is 4.87. The van der Waals surface area contributed by atoms with Gasteiger partial charge in [0, 0.05) is 12.7 Å². The van der Waals surface area contributed by atoms with Crippen molar-refractivity contribution in [1.29, 1.82) is 0 Å². The van der Waals surface area contributed by atoms with Crippen molar-refractivity contribution in [2.75, 3.05) is 11.1 Å². The van der Waals surface area contributed by atoms with Gasteiger partial charge >= 0.3 is 0 Å². The number of hydrogen-bond acceptors (Lipinski definition) is 5. The van der Waals surface area contributed by atoms with Crippen LogP contribution in [-0.2, 0) is 31.3 Å². The molecule has 164 valence electrons. The maximum Gasteiger partial charge on any atom is 0.234 e. The minimum atomic E-state index is -0.0449. The van der Waals surface area contributed by atoms with E-state index < -0.39 is 0 Å². The van der Waals surface area contributed by atoms with Crippen LogP contribution in [0.5, 0.6) is 5.75 Å². The molecule has 7 heteroatoms. The standard InChI is InChI=1S/C24H30N4O2S/c1-6-18-9-8-10-19(7-2)23(18)25-22(29)15-31-24-27-26-21(28(24)5)14-30-20-12-11-16(3)17(4)13-20/h8-13H,6-7,14-15H2,1-5H3,(H,25,29). The molecule has 1 N–H and O–H groups in total. The minimum Gasteiger partial charge on any atom is -0.486 e. The van der Waals surface area contributed by atoms with Crippen molar-refractivity contribution in [2.45, 2.75) is 52.3 Å². The Labute approximate surface area is 188 Å². The summed E-state index contributed by atoms with van der Waals surface area (Å²) >= 11 is 1.37. The zero-order chi connectivity index (χ0) is 22.4. The van der Waals surface area contributed by atoms with E-state index in [2.05, 4.69) is 55.3 Å². The van der Waals surface area contributed by atoms with E-state index in [1.165, 1.54) is 22.9 Å². The Bertz CT molecular complexity index is 1040. The summed E-state index contributed by atoms with van der Waals surface area (Å²) in [5.41, 5.74) is 5.67. The van der Waals surface area contributed by atoms with Gasteiger partial charge in [0.15, 0.2) is 11.0 Å². The zero-order valence-electron chi connectivity index (χ0n) is 18.9. The summed E-state index contributed by atoms with van der Waals surface area (Å²) in [5, 5.41) is 12.2. The number of amides is 1. The molecule has 31 heavy (non-hydrogen) atoms. The molecule has 0 atom stereocenters. The van der Waals surface area contributed by atoms with Gasteiger partial charge in [-0.15, -0.1) is 10.2 Å². The third-order valence-corrected chi connectivity index (χ3v) is 6.39. The van der Waals surface area contributed by atoms with E-state index in [1.54, 1.807) is 0 Å². The number of rotatable bonds is 9. The second kappa shape index (κ2) is 10.5. The van der Waals surface area contributed by atoms with Crippen molar-refractivity contribution in [3.63, 3.8) is 0 Å². The van der Waals surface area contributed by atoms with E-state index in [-0.39, 0.29) is 11.7 Å². The summed E-state index contributed by atoms with van der Waals surface area (Å²) in [7, 11) is 1.89. The van der Waals surface area contributed by atoms with E-state index in [0.717, 1.165) is 35.4 Å². The van der Waals surface area contributed by atoms with Gasteiger partial charge < -0.3 is 14.6 Å². The number of ether oxygens (including phenoxy) is 1. The van der Waals surface area contributed by atoms with E-state index in [1.807, 2.05) is 35.9 Å². The second-order valence-corrected chi connectivity index (χ2v) is 8.43. The lowest BCUT2D eigenvalue weighted by Gasteiger charge is -2.14. The molecule has 0 fully saturated rings. The van der Waals surface area contributed by atoms with Gasteiger partial charge in [-0.1, -0.05) is 49.9 Å². The number of thioether (sulfide) groups is 1. The smallest absolute Gasteiger partial charge is 0.234 e. The van der Waals surface area contributed by atoms with Crippen molar-refractivity contribution in [3.05, 3.63) is 64.5 Å². The fourth-order valence-electron chi connectivity index (χ4n) is 3.26. The van der Waals surface area contributed by atoms with E-state index in [4.69, 9.17) is 4.74 Å². The number of hydrogen-bond donors (Lipinski definition) is 1. The number of anilines is 1. The molecule has 3 aromatic rings. The van der Waals surface area contributed by atoms with Crippen molar-refractivity contribution >= 4 is 23.4 Å². The number of nitrogens with one attached hydrogen (secondary N) is 1. The Balaban J connectivity index is 1.58. The molecule has 0 aliphatic heterocycles. The lowest BCUT2D eigenvalue weighted by molar-refractivity contribution is -0.113. The summed E-state index contributed by atoms with van der Waals surface area (Å²) in [5.74, 6) is 1.74. The van der Waals surface area contributed by atoms with E-state index >= 15 is 0 Å². The van der Waals surface area contributed by atoms with Crippen molar-refractivity contribution < 1.29 is 9.53 Å². The average molecular weight is 439 g/mol. The molecule has 0 saturated heterocycles. The van der Waals surface area contributed by atoms with Crippen LogP contribution in [0.1, 0.15) is 41.9 Å². The molecule has 2 aromatic carbocycles. The Morgan fingerprint density at radius 2 is 1.77 bits per heavy atom. The SMILES string of the molecule is CCc1cccc(CC)c1NC(=O)CSc1nnc(COc2ccc(C)c(C)c2)n1C. The van der Waals surface area contributed by atoms with Crippen LogP contribution in [0.4, 0.5) is 5.69 Å². The van der Waals surface area contributed by atoms with Crippen molar-refractivity contribution in [2.24, 2.45) is 7.05 Å². The van der Waals surface area contributed by atoms with Crippen LogP contribution in [0.25, 0.3) is 0 Å². The zero-order valence-corrected chi connectivity index (χ0v) is 19.7. The highest BCUT2D eigenvalue weighted by atomic mass is 32.2. The van der Waals surface area contributed by atoms with Gasteiger partial charge in [-0.2, -0.15) is 0 Å². The number of nitrogens with zero attached hydrogens (tertiary/aromatic N) is 3. The molecular formula is C24H30N4O2S. The third kappa shape index (κ3) is 5.67. The molecule has 0 spiro atoms. The molecule has 0 aliphatic carbocycles. The number of carbonyl (C=O) groups excluding carboxylic acids is 1. The molecule has 0 bridgehead atoms. The van der Waals surface area contributed by atoms with Crippen molar-refractivity contribution in [1.82, 2.24) is 14.8 Å². The summed E-state index contributed by atoms with van der Waals surface area (Å²) in [6, 6.07) is 12.2. The Kier molecular flexibility index (Phi) is 7.74. The highest BCUT2D eigenvalue weighted by Crippen LogP contribution is 2.24. The monoisotopic (exact) mass is 438 g/mol. The highest BCUT2D eigenvalue weighted by molar-refractivity contribution is 7.99. The van der Waals surface area contributed by atoms with Crippen LogP contribution >= 0.6 is 11.8 Å². The molecule has 0 aliphatic rings. The maximum absolute atomic E-state index is 12.6. The number of aromatic nitrogens is 3. The van der Waals surface area contributed by atoms with E-state index in [9.17, 15) is 4.79 Å². The topological polar surface area (TPSA) is 69.0 Å². The molecule has 0 unspecified atom stereocenters. The van der Waals surface area contributed by atoms with Gasteiger partial charge in [0.1, 0.15) is 12.4 Å². The Hall–Kier alpha value is -2.80. The molecular weight excluding hydrogens is 408 g/mol. The molecule has 0 saturated carbocycles. The van der Waals surface area contributed by atoms with Gasteiger partial charge in [0.25, 0.3) is 0 Å². The summed E-state index contributed by atoms with van der Waals surface area (Å²) in [4.78, 5) is 12.6. The normalized spacial score (nSPS) is 10.9. The first-order chi connectivity index (χ1) is 14.9. The fourth-order valence-corrected chi connectivity index (χ4v) is 3.99. The Morgan fingerprint density at radius 3 is 2.42 bits per heavy atom. The van der Waals surface area contributed by atoms with E-state index in [0.29, 0.717) is 17.6 Å². The van der Waals surface area contributed by atoms with Crippen LogP contribution in [0, 0.1) is 13.8 Å². The Morgan fingerprint density at radius 1 is 1.06 bits per heavy atom. The van der Waals surface area contributed by atoms with Crippen molar-refractivity contribution in [3.8, 4) is 5.75 Å². The number of benzene rings is 2. The second-order valence-electron chi connectivity index (χ2n) is 7.49.